The molecular formula is C10H14N4O2. The van der Waals surface area contributed by atoms with Gasteiger partial charge in [0.25, 0.3) is 0 Å². The molecule has 0 aromatic carbocycles. The summed E-state index contributed by atoms with van der Waals surface area (Å²) < 4.78 is 0. The molecule has 2 heterocycles. The number of nitrogens with zero attached hydrogens (tertiary/aromatic N) is 3. The van der Waals surface area contributed by atoms with Gasteiger partial charge in [0.05, 0.1) is 0 Å². The van der Waals surface area contributed by atoms with E-state index >= 15 is 0 Å². The van der Waals surface area contributed by atoms with Crippen LogP contribution < -0.4 is 10.2 Å². The average molecular weight is 222 g/mol. The first-order chi connectivity index (χ1) is 7.75. The van der Waals surface area contributed by atoms with Crippen molar-refractivity contribution >= 4 is 12.0 Å². The zero-order valence-corrected chi connectivity index (χ0v) is 8.83. The van der Waals surface area contributed by atoms with Crippen LogP contribution in [-0.4, -0.2) is 40.3 Å². The summed E-state index contributed by atoms with van der Waals surface area (Å²) in [5.41, 5.74) is 0. The number of aromatic nitrogens is 2. The number of carboxylic acid groups (broad SMARTS) is 1. The van der Waals surface area contributed by atoms with Crippen molar-refractivity contribution in [3.05, 3.63) is 18.5 Å². The van der Waals surface area contributed by atoms with Crippen LogP contribution in [0.3, 0.4) is 0 Å². The highest BCUT2D eigenvalue weighted by molar-refractivity contribution is 5.64. The predicted molar refractivity (Wildman–Crippen MR) is 58.4 cm³/mol. The summed E-state index contributed by atoms with van der Waals surface area (Å²) in [6, 6.07) is 1.83. The topological polar surface area (TPSA) is 78.4 Å². The van der Waals surface area contributed by atoms with Gasteiger partial charge in [-0.1, -0.05) is 0 Å². The van der Waals surface area contributed by atoms with Crippen molar-refractivity contribution in [1.82, 2.24) is 15.3 Å². The molecule has 6 nitrogen and oxygen atoms in total. The molecule has 16 heavy (non-hydrogen) atoms. The summed E-state index contributed by atoms with van der Waals surface area (Å²) in [5.74, 6) is 0.719. The van der Waals surface area contributed by atoms with Crippen LogP contribution in [0.5, 0.6) is 0 Å². The molecule has 1 aliphatic heterocycles. The zero-order chi connectivity index (χ0) is 11.4. The monoisotopic (exact) mass is 222 g/mol. The maximum atomic E-state index is 10.5. The quantitative estimate of drug-likeness (QED) is 0.770. The minimum atomic E-state index is -0.950. The van der Waals surface area contributed by atoms with Crippen molar-refractivity contribution in [2.24, 2.45) is 0 Å². The Morgan fingerprint density at radius 3 is 2.56 bits per heavy atom. The Labute approximate surface area is 93.3 Å². The van der Waals surface area contributed by atoms with Gasteiger partial charge in [0.2, 0.25) is 5.95 Å². The van der Waals surface area contributed by atoms with Gasteiger partial charge in [0.1, 0.15) is 0 Å². The van der Waals surface area contributed by atoms with E-state index in [1.165, 1.54) is 0 Å². The van der Waals surface area contributed by atoms with E-state index in [1.54, 1.807) is 18.5 Å². The fourth-order valence-electron chi connectivity index (χ4n) is 1.85. The van der Waals surface area contributed by atoms with Crippen LogP contribution in [0.2, 0.25) is 0 Å². The van der Waals surface area contributed by atoms with E-state index in [4.69, 9.17) is 5.11 Å². The van der Waals surface area contributed by atoms with Crippen LogP contribution in [0.4, 0.5) is 10.7 Å². The maximum Gasteiger partial charge on any atom is 0.404 e. The lowest BCUT2D eigenvalue weighted by Gasteiger charge is -2.31. The van der Waals surface area contributed by atoms with Crippen molar-refractivity contribution in [1.29, 1.82) is 0 Å². The molecule has 0 unspecified atom stereocenters. The highest BCUT2D eigenvalue weighted by Crippen LogP contribution is 2.14. The average Bonchev–Trinajstić information content (AvgIpc) is 2.30. The fraction of sp³-hybridized carbons (Fsp3) is 0.500. The molecule has 0 radical (unpaired) electrons. The number of hydrogen-bond donors (Lipinski definition) is 2. The standard InChI is InChI=1S/C10H14N4O2/c15-10(16)13-8-2-6-14(7-3-8)9-11-4-1-5-12-9/h1,4-5,8,13H,2-3,6-7H2,(H,15,16). The smallest absolute Gasteiger partial charge is 0.404 e. The van der Waals surface area contributed by atoms with Gasteiger partial charge in [-0.25, -0.2) is 14.8 Å². The van der Waals surface area contributed by atoms with Crippen molar-refractivity contribution < 1.29 is 9.90 Å². The number of nitrogens with one attached hydrogen (secondary N) is 1. The molecule has 1 saturated heterocycles. The van der Waals surface area contributed by atoms with Crippen LogP contribution in [-0.2, 0) is 0 Å². The van der Waals surface area contributed by atoms with E-state index in [0.29, 0.717) is 0 Å². The molecular weight excluding hydrogens is 208 g/mol. The van der Waals surface area contributed by atoms with E-state index in [-0.39, 0.29) is 6.04 Å². The van der Waals surface area contributed by atoms with Crippen LogP contribution in [0.1, 0.15) is 12.8 Å². The Morgan fingerprint density at radius 2 is 2.00 bits per heavy atom. The summed E-state index contributed by atoms with van der Waals surface area (Å²) >= 11 is 0. The molecule has 2 N–H and O–H groups in total. The predicted octanol–water partition coefficient (Wildman–Crippen LogP) is 0.713. The van der Waals surface area contributed by atoms with Gasteiger partial charge in [-0.05, 0) is 18.9 Å². The van der Waals surface area contributed by atoms with Gasteiger partial charge in [-0.15, -0.1) is 0 Å². The molecule has 6 heteroatoms. The molecule has 0 saturated carbocycles. The van der Waals surface area contributed by atoms with E-state index in [9.17, 15) is 4.79 Å². The highest BCUT2D eigenvalue weighted by atomic mass is 16.4. The van der Waals surface area contributed by atoms with Gasteiger partial charge < -0.3 is 15.3 Å². The van der Waals surface area contributed by atoms with E-state index in [0.717, 1.165) is 31.9 Å². The van der Waals surface area contributed by atoms with Gasteiger partial charge in [-0.2, -0.15) is 0 Å². The third-order valence-corrected chi connectivity index (χ3v) is 2.66. The van der Waals surface area contributed by atoms with E-state index in [2.05, 4.69) is 20.2 Å². The second-order valence-electron chi connectivity index (χ2n) is 3.76. The maximum absolute atomic E-state index is 10.5. The molecule has 86 valence electrons. The normalized spacial score (nSPS) is 17.1. The Hall–Kier alpha value is -1.85. The molecule has 1 aliphatic rings. The van der Waals surface area contributed by atoms with Gasteiger partial charge in [-0.3, -0.25) is 0 Å². The van der Waals surface area contributed by atoms with Crippen molar-refractivity contribution in [3.8, 4) is 0 Å². The molecule has 1 aromatic heterocycles. The molecule has 0 aliphatic carbocycles. The van der Waals surface area contributed by atoms with Gasteiger partial charge in [0, 0.05) is 31.5 Å². The molecule has 0 spiro atoms. The third kappa shape index (κ3) is 2.59. The second kappa shape index (κ2) is 4.78. The number of piperidine rings is 1. The van der Waals surface area contributed by atoms with Crippen LogP contribution >= 0.6 is 0 Å². The summed E-state index contributed by atoms with van der Waals surface area (Å²) in [6.07, 6.45) is 4.07. The molecule has 0 bridgehead atoms. The van der Waals surface area contributed by atoms with Crippen LogP contribution in [0, 0.1) is 0 Å². The Bertz CT molecular complexity index is 349. The van der Waals surface area contributed by atoms with E-state index < -0.39 is 6.09 Å². The van der Waals surface area contributed by atoms with Crippen LogP contribution in [0.15, 0.2) is 18.5 Å². The molecule has 1 aromatic rings. The van der Waals surface area contributed by atoms with E-state index in [1.807, 2.05) is 0 Å². The summed E-state index contributed by atoms with van der Waals surface area (Å²) in [7, 11) is 0. The Kier molecular flexibility index (Phi) is 3.19. The number of carbonyl (C=O) groups is 1. The largest absolute Gasteiger partial charge is 0.465 e. The summed E-state index contributed by atoms with van der Waals surface area (Å²) in [5, 5.41) is 11.1. The zero-order valence-electron chi connectivity index (χ0n) is 8.83. The molecule has 1 fully saturated rings. The first-order valence-corrected chi connectivity index (χ1v) is 5.27. The van der Waals surface area contributed by atoms with Crippen molar-refractivity contribution in [2.45, 2.75) is 18.9 Å². The lowest BCUT2D eigenvalue weighted by atomic mass is 10.1. The first kappa shape index (κ1) is 10.7. The number of amides is 1. The third-order valence-electron chi connectivity index (χ3n) is 2.66. The number of hydrogen-bond acceptors (Lipinski definition) is 4. The van der Waals surface area contributed by atoms with Crippen molar-refractivity contribution in [2.75, 3.05) is 18.0 Å². The minimum absolute atomic E-state index is 0.0532. The first-order valence-electron chi connectivity index (χ1n) is 5.27. The minimum Gasteiger partial charge on any atom is -0.465 e. The lowest BCUT2D eigenvalue weighted by molar-refractivity contribution is 0.187. The van der Waals surface area contributed by atoms with Gasteiger partial charge in [0.15, 0.2) is 0 Å². The summed E-state index contributed by atoms with van der Waals surface area (Å²) in [6.45, 7) is 1.57. The van der Waals surface area contributed by atoms with Crippen LogP contribution in [0.25, 0.3) is 0 Å². The summed E-state index contributed by atoms with van der Waals surface area (Å²) in [4.78, 5) is 20.9. The SMILES string of the molecule is O=C(O)NC1CCN(c2ncccn2)CC1. The second-order valence-corrected chi connectivity index (χ2v) is 3.76. The molecule has 2 rings (SSSR count). The number of rotatable bonds is 2. The number of anilines is 1. The van der Waals surface area contributed by atoms with Crippen molar-refractivity contribution in [3.63, 3.8) is 0 Å². The highest BCUT2D eigenvalue weighted by Gasteiger charge is 2.21. The molecule has 1 amide bonds. The Balaban J connectivity index is 1.88. The van der Waals surface area contributed by atoms with Gasteiger partial charge >= 0.3 is 6.09 Å². The molecule has 0 atom stereocenters. The Morgan fingerprint density at radius 1 is 1.38 bits per heavy atom. The lowest BCUT2D eigenvalue weighted by Crippen LogP contribution is -2.44. The fourth-order valence-corrected chi connectivity index (χ4v) is 1.85.